The first-order valence-corrected chi connectivity index (χ1v) is 11.3. The number of para-hydroxylation sites is 2. The quantitative estimate of drug-likeness (QED) is 0.244. The molecular formula is C28H22N2O2S. The molecule has 4 rings (SSSR count). The molecule has 0 spiro atoms. The highest BCUT2D eigenvalue weighted by atomic mass is 32.1. The fourth-order valence-electron chi connectivity index (χ4n) is 3.67. The number of nitrogens with zero attached hydrogens (tertiary/aromatic N) is 2. The van der Waals surface area contributed by atoms with Gasteiger partial charge >= 0.3 is 5.97 Å². The first-order valence-electron chi connectivity index (χ1n) is 10.5. The number of anilines is 3. The summed E-state index contributed by atoms with van der Waals surface area (Å²) in [5.41, 5.74) is 6.06. The molecular weight excluding hydrogens is 428 g/mol. The maximum Gasteiger partial charge on any atom is 0.346 e. The largest absolute Gasteiger partial charge is 0.477 e. The van der Waals surface area contributed by atoms with Crippen molar-refractivity contribution in [1.82, 2.24) is 0 Å². The molecule has 5 heteroatoms. The lowest BCUT2D eigenvalue weighted by molar-refractivity contribution is -0.132. The van der Waals surface area contributed by atoms with E-state index < -0.39 is 5.97 Å². The number of benzene rings is 3. The van der Waals surface area contributed by atoms with Gasteiger partial charge in [-0.05, 0) is 73.0 Å². The summed E-state index contributed by atoms with van der Waals surface area (Å²) >= 11 is 1.50. The third-order valence-electron chi connectivity index (χ3n) is 5.53. The molecule has 1 aromatic heterocycles. The molecule has 162 valence electrons. The van der Waals surface area contributed by atoms with Crippen molar-refractivity contribution in [1.29, 1.82) is 5.26 Å². The lowest BCUT2D eigenvalue weighted by atomic mass is 10.0. The Morgan fingerprint density at radius 1 is 0.848 bits per heavy atom. The molecule has 0 unspecified atom stereocenters. The number of hydrogen-bond acceptors (Lipinski definition) is 4. The molecule has 0 atom stereocenters. The van der Waals surface area contributed by atoms with Crippen molar-refractivity contribution in [2.75, 3.05) is 4.90 Å². The van der Waals surface area contributed by atoms with Crippen LogP contribution in [-0.2, 0) is 4.79 Å². The Kier molecular flexibility index (Phi) is 6.39. The minimum Gasteiger partial charge on any atom is -0.477 e. The molecule has 1 heterocycles. The van der Waals surface area contributed by atoms with Crippen LogP contribution in [-0.4, -0.2) is 11.1 Å². The fraction of sp³-hybridized carbons (Fsp3) is 0.0714. The van der Waals surface area contributed by atoms with Crippen molar-refractivity contribution in [3.05, 3.63) is 107 Å². The predicted octanol–water partition coefficient (Wildman–Crippen LogP) is 7.49. The Balaban J connectivity index is 1.73. The van der Waals surface area contributed by atoms with E-state index in [1.165, 1.54) is 17.4 Å². The summed E-state index contributed by atoms with van der Waals surface area (Å²) in [6, 6.07) is 30.6. The molecule has 0 bridgehead atoms. The van der Waals surface area contributed by atoms with E-state index in [1.54, 1.807) is 6.07 Å². The number of thiophene rings is 1. The summed E-state index contributed by atoms with van der Waals surface area (Å²) in [5, 5.41) is 18.3. The van der Waals surface area contributed by atoms with Crippen LogP contribution in [0.4, 0.5) is 17.1 Å². The normalized spacial score (nSPS) is 11.1. The SMILES string of the molecule is Cc1c(/C=C(\C#N)C(=O)O)sc(-c2ccc(N(c3ccccc3)c3ccccc3)cc2)c1C. The molecule has 3 aromatic carbocycles. The van der Waals surface area contributed by atoms with Gasteiger partial charge in [-0.2, -0.15) is 5.26 Å². The van der Waals surface area contributed by atoms with Gasteiger partial charge in [-0.15, -0.1) is 11.3 Å². The number of carboxylic acid groups (broad SMARTS) is 1. The topological polar surface area (TPSA) is 64.3 Å². The van der Waals surface area contributed by atoms with Crippen LogP contribution in [0.15, 0.2) is 90.5 Å². The minimum atomic E-state index is -1.21. The lowest BCUT2D eigenvalue weighted by Crippen LogP contribution is -2.09. The zero-order chi connectivity index (χ0) is 23.4. The van der Waals surface area contributed by atoms with Crippen LogP contribution in [0, 0.1) is 25.2 Å². The standard InChI is InChI=1S/C28H22N2O2S/c1-19-20(2)27(33-26(19)17-22(18-29)28(31)32)21-13-15-25(16-14-21)30(23-9-5-3-6-10-23)24-11-7-4-8-12-24/h3-17H,1-2H3,(H,31,32)/b22-17+. The Hall–Kier alpha value is -4.14. The van der Waals surface area contributed by atoms with Gasteiger partial charge in [0.25, 0.3) is 0 Å². The Morgan fingerprint density at radius 3 is 1.85 bits per heavy atom. The first kappa shape index (κ1) is 22.1. The van der Waals surface area contributed by atoms with Crippen molar-refractivity contribution in [2.45, 2.75) is 13.8 Å². The molecule has 33 heavy (non-hydrogen) atoms. The molecule has 0 aliphatic rings. The van der Waals surface area contributed by atoms with E-state index in [1.807, 2.05) is 50.2 Å². The highest BCUT2D eigenvalue weighted by Gasteiger charge is 2.16. The zero-order valence-corrected chi connectivity index (χ0v) is 19.1. The number of rotatable bonds is 6. The molecule has 0 saturated heterocycles. The Labute approximate surface area is 197 Å². The van der Waals surface area contributed by atoms with Gasteiger partial charge in [-0.1, -0.05) is 48.5 Å². The van der Waals surface area contributed by atoms with E-state index in [0.29, 0.717) is 0 Å². The molecule has 0 aliphatic carbocycles. The van der Waals surface area contributed by atoms with E-state index in [9.17, 15) is 9.90 Å². The Morgan fingerprint density at radius 2 is 1.36 bits per heavy atom. The van der Waals surface area contributed by atoms with Crippen LogP contribution in [0.2, 0.25) is 0 Å². The number of hydrogen-bond donors (Lipinski definition) is 1. The van der Waals surface area contributed by atoms with Gasteiger partial charge in [0.1, 0.15) is 11.6 Å². The number of carbonyl (C=O) groups is 1. The van der Waals surface area contributed by atoms with E-state index in [0.717, 1.165) is 43.5 Å². The van der Waals surface area contributed by atoms with E-state index in [-0.39, 0.29) is 5.57 Å². The van der Waals surface area contributed by atoms with Gasteiger partial charge in [0.15, 0.2) is 0 Å². The highest BCUT2D eigenvalue weighted by Crippen LogP contribution is 2.39. The van der Waals surface area contributed by atoms with Crippen LogP contribution in [0.3, 0.4) is 0 Å². The van der Waals surface area contributed by atoms with Crippen molar-refractivity contribution in [3.8, 4) is 16.5 Å². The third-order valence-corrected chi connectivity index (χ3v) is 6.92. The summed E-state index contributed by atoms with van der Waals surface area (Å²) in [6.07, 6.45) is 1.46. The van der Waals surface area contributed by atoms with Crippen LogP contribution in [0.1, 0.15) is 16.0 Å². The van der Waals surface area contributed by atoms with Crippen LogP contribution in [0.5, 0.6) is 0 Å². The average molecular weight is 451 g/mol. The first-order chi connectivity index (χ1) is 16.0. The molecule has 4 aromatic rings. The smallest absolute Gasteiger partial charge is 0.346 e. The third kappa shape index (κ3) is 4.57. The molecule has 4 nitrogen and oxygen atoms in total. The summed E-state index contributed by atoms with van der Waals surface area (Å²) in [4.78, 5) is 15.3. The second-order valence-electron chi connectivity index (χ2n) is 7.57. The summed E-state index contributed by atoms with van der Waals surface area (Å²) in [6.45, 7) is 3.98. The molecule has 0 aliphatic heterocycles. The van der Waals surface area contributed by atoms with Gasteiger partial charge in [0, 0.05) is 26.8 Å². The molecule has 0 saturated carbocycles. The van der Waals surface area contributed by atoms with E-state index in [4.69, 9.17) is 5.26 Å². The van der Waals surface area contributed by atoms with Gasteiger partial charge in [0.2, 0.25) is 0 Å². The fourth-order valence-corrected chi connectivity index (χ4v) is 4.93. The monoisotopic (exact) mass is 450 g/mol. The average Bonchev–Trinajstić information content (AvgIpc) is 3.13. The second-order valence-corrected chi connectivity index (χ2v) is 8.63. The summed E-state index contributed by atoms with van der Waals surface area (Å²) in [7, 11) is 0. The molecule has 0 radical (unpaired) electrons. The van der Waals surface area contributed by atoms with Crippen molar-refractivity contribution >= 4 is 40.4 Å². The maximum atomic E-state index is 11.3. The second kappa shape index (κ2) is 9.56. The van der Waals surface area contributed by atoms with Crippen LogP contribution < -0.4 is 4.90 Å². The van der Waals surface area contributed by atoms with Gasteiger partial charge in [-0.25, -0.2) is 4.79 Å². The highest BCUT2D eigenvalue weighted by molar-refractivity contribution is 7.16. The lowest BCUT2D eigenvalue weighted by Gasteiger charge is -2.25. The van der Waals surface area contributed by atoms with Gasteiger partial charge < -0.3 is 10.0 Å². The Bertz CT molecular complexity index is 1310. The van der Waals surface area contributed by atoms with Crippen molar-refractivity contribution < 1.29 is 9.90 Å². The van der Waals surface area contributed by atoms with Gasteiger partial charge in [-0.3, -0.25) is 0 Å². The van der Waals surface area contributed by atoms with Gasteiger partial charge in [0.05, 0.1) is 0 Å². The van der Waals surface area contributed by atoms with Crippen LogP contribution >= 0.6 is 11.3 Å². The zero-order valence-electron chi connectivity index (χ0n) is 18.3. The number of nitriles is 1. The maximum absolute atomic E-state index is 11.3. The summed E-state index contributed by atoms with van der Waals surface area (Å²) < 4.78 is 0. The predicted molar refractivity (Wildman–Crippen MR) is 135 cm³/mol. The molecule has 0 fully saturated rings. The summed E-state index contributed by atoms with van der Waals surface area (Å²) in [5.74, 6) is -1.21. The van der Waals surface area contributed by atoms with Crippen molar-refractivity contribution in [3.63, 3.8) is 0 Å². The van der Waals surface area contributed by atoms with E-state index >= 15 is 0 Å². The van der Waals surface area contributed by atoms with Crippen molar-refractivity contribution in [2.24, 2.45) is 0 Å². The minimum absolute atomic E-state index is 0.261. The van der Waals surface area contributed by atoms with E-state index in [2.05, 4.69) is 53.4 Å². The molecule has 1 N–H and O–H groups in total. The number of aliphatic carboxylic acids is 1. The molecule has 0 amide bonds. The van der Waals surface area contributed by atoms with Crippen LogP contribution in [0.25, 0.3) is 16.5 Å². The number of carboxylic acids is 1.